The van der Waals surface area contributed by atoms with E-state index in [-0.39, 0.29) is 12.5 Å². The van der Waals surface area contributed by atoms with Crippen molar-refractivity contribution in [3.05, 3.63) is 56.5 Å². The summed E-state index contributed by atoms with van der Waals surface area (Å²) in [6.07, 6.45) is 0. The van der Waals surface area contributed by atoms with Gasteiger partial charge in [-0.05, 0) is 58.7 Å². The normalized spacial score (nSPS) is 10.3. The SMILES string of the molecule is Cc1ccc(OCC(=O)Nc2cc(Cl)ccc2Cl)c(Br)c1. The number of nitrogens with one attached hydrogen (secondary N) is 1. The molecule has 0 aromatic heterocycles. The molecule has 0 saturated heterocycles. The maximum atomic E-state index is 11.9. The van der Waals surface area contributed by atoms with Gasteiger partial charge in [-0.1, -0.05) is 29.3 Å². The molecule has 110 valence electrons. The maximum Gasteiger partial charge on any atom is 0.262 e. The summed E-state index contributed by atoms with van der Waals surface area (Å²) in [5, 5.41) is 3.57. The molecule has 1 N–H and O–H groups in total. The second kappa shape index (κ2) is 7.16. The zero-order chi connectivity index (χ0) is 15.4. The van der Waals surface area contributed by atoms with Crippen molar-refractivity contribution in [3.63, 3.8) is 0 Å². The standard InChI is InChI=1S/C15H12BrCl2NO2/c1-9-2-5-14(11(16)6-9)21-8-15(20)19-13-7-10(17)3-4-12(13)18/h2-7H,8H2,1H3,(H,19,20). The lowest BCUT2D eigenvalue weighted by molar-refractivity contribution is -0.118. The quantitative estimate of drug-likeness (QED) is 0.792. The van der Waals surface area contributed by atoms with E-state index in [9.17, 15) is 4.79 Å². The lowest BCUT2D eigenvalue weighted by atomic mass is 10.2. The Balaban J connectivity index is 1.97. The number of ether oxygens (including phenoxy) is 1. The highest BCUT2D eigenvalue weighted by Gasteiger charge is 2.09. The van der Waals surface area contributed by atoms with Crippen molar-refractivity contribution in [1.29, 1.82) is 0 Å². The molecule has 21 heavy (non-hydrogen) atoms. The van der Waals surface area contributed by atoms with Crippen LogP contribution in [0, 0.1) is 6.92 Å². The van der Waals surface area contributed by atoms with Gasteiger partial charge in [0, 0.05) is 5.02 Å². The predicted octanol–water partition coefficient (Wildman–Crippen LogP) is 5.08. The van der Waals surface area contributed by atoms with Gasteiger partial charge in [0.05, 0.1) is 15.2 Å². The second-order valence-electron chi connectivity index (χ2n) is 4.39. The van der Waals surface area contributed by atoms with Crippen molar-refractivity contribution < 1.29 is 9.53 Å². The van der Waals surface area contributed by atoms with Gasteiger partial charge in [0.15, 0.2) is 6.61 Å². The van der Waals surface area contributed by atoms with Gasteiger partial charge in [-0.25, -0.2) is 0 Å². The van der Waals surface area contributed by atoms with E-state index < -0.39 is 0 Å². The van der Waals surface area contributed by atoms with Crippen LogP contribution in [0.3, 0.4) is 0 Å². The lowest BCUT2D eigenvalue weighted by Gasteiger charge is -2.10. The third kappa shape index (κ3) is 4.63. The Bertz CT molecular complexity index is 677. The van der Waals surface area contributed by atoms with E-state index in [2.05, 4.69) is 21.2 Å². The van der Waals surface area contributed by atoms with Gasteiger partial charge in [0.2, 0.25) is 0 Å². The minimum absolute atomic E-state index is 0.121. The molecule has 0 atom stereocenters. The maximum absolute atomic E-state index is 11.9. The Kier molecular flexibility index (Phi) is 5.51. The molecule has 2 aromatic carbocycles. The summed E-state index contributed by atoms with van der Waals surface area (Å²) in [6, 6.07) is 10.5. The molecule has 0 spiro atoms. The summed E-state index contributed by atoms with van der Waals surface area (Å²) in [4.78, 5) is 11.9. The summed E-state index contributed by atoms with van der Waals surface area (Å²) < 4.78 is 6.26. The first-order valence-corrected chi connectivity index (χ1v) is 7.64. The summed E-state index contributed by atoms with van der Waals surface area (Å²) in [5.41, 5.74) is 1.56. The molecule has 0 radical (unpaired) electrons. The van der Waals surface area contributed by atoms with Crippen LogP contribution in [0.25, 0.3) is 0 Å². The van der Waals surface area contributed by atoms with Crippen LogP contribution < -0.4 is 10.1 Å². The molecule has 0 saturated carbocycles. The summed E-state index contributed by atoms with van der Waals surface area (Å²) >= 11 is 15.2. The number of hydrogen-bond acceptors (Lipinski definition) is 2. The highest BCUT2D eigenvalue weighted by atomic mass is 79.9. The van der Waals surface area contributed by atoms with E-state index in [0.29, 0.717) is 21.5 Å². The van der Waals surface area contributed by atoms with E-state index in [1.54, 1.807) is 24.3 Å². The number of aryl methyl sites for hydroxylation is 1. The van der Waals surface area contributed by atoms with Gasteiger partial charge < -0.3 is 10.1 Å². The van der Waals surface area contributed by atoms with E-state index in [1.807, 2.05) is 19.1 Å². The van der Waals surface area contributed by atoms with Crippen molar-refractivity contribution in [2.24, 2.45) is 0 Å². The molecule has 0 heterocycles. The Labute approximate surface area is 141 Å². The van der Waals surface area contributed by atoms with E-state index >= 15 is 0 Å². The number of benzene rings is 2. The van der Waals surface area contributed by atoms with Crippen LogP contribution in [0.2, 0.25) is 10.0 Å². The highest BCUT2D eigenvalue weighted by molar-refractivity contribution is 9.10. The summed E-state index contributed by atoms with van der Waals surface area (Å²) in [5.74, 6) is 0.291. The fourth-order valence-corrected chi connectivity index (χ4v) is 2.59. The first-order valence-electron chi connectivity index (χ1n) is 6.09. The molecule has 0 aliphatic rings. The number of halogens is 3. The Morgan fingerprint density at radius 2 is 2.00 bits per heavy atom. The molecule has 1 amide bonds. The number of amides is 1. The van der Waals surface area contributed by atoms with Crippen molar-refractivity contribution in [2.45, 2.75) is 6.92 Å². The van der Waals surface area contributed by atoms with Crippen LogP contribution in [0.4, 0.5) is 5.69 Å². The topological polar surface area (TPSA) is 38.3 Å². The van der Waals surface area contributed by atoms with Crippen LogP contribution in [0.15, 0.2) is 40.9 Å². The molecule has 0 aliphatic heterocycles. The summed E-state index contributed by atoms with van der Waals surface area (Å²) in [7, 11) is 0. The number of carbonyl (C=O) groups is 1. The average Bonchev–Trinajstić information content (AvgIpc) is 2.42. The lowest BCUT2D eigenvalue weighted by Crippen LogP contribution is -2.20. The fourth-order valence-electron chi connectivity index (χ4n) is 1.65. The molecular formula is C15H12BrCl2NO2. The number of hydrogen-bond donors (Lipinski definition) is 1. The smallest absolute Gasteiger partial charge is 0.262 e. The van der Waals surface area contributed by atoms with Gasteiger partial charge in [-0.15, -0.1) is 0 Å². The zero-order valence-electron chi connectivity index (χ0n) is 11.1. The summed E-state index contributed by atoms with van der Waals surface area (Å²) in [6.45, 7) is 1.85. The predicted molar refractivity (Wildman–Crippen MR) is 89.5 cm³/mol. The molecule has 2 rings (SSSR count). The third-order valence-electron chi connectivity index (χ3n) is 2.65. The molecular weight excluding hydrogens is 377 g/mol. The Morgan fingerprint density at radius 3 is 2.71 bits per heavy atom. The molecule has 6 heteroatoms. The molecule has 0 fully saturated rings. The average molecular weight is 389 g/mol. The van der Waals surface area contributed by atoms with Gasteiger partial charge in [0.1, 0.15) is 5.75 Å². The fraction of sp³-hybridized carbons (Fsp3) is 0.133. The molecule has 0 unspecified atom stereocenters. The van der Waals surface area contributed by atoms with Crippen molar-refractivity contribution >= 4 is 50.7 Å². The van der Waals surface area contributed by atoms with Gasteiger partial charge >= 0.3 is 0 Å². The first-order chi connectivity index (χ1) is 9.95. The van der Waals surface area contributed by atoms with Crippen LogP contribution >= 0.6 is 39.1 Å². The van der Waals surface area contributed by atoms with Gasteiger partial charge in [-0.3, -0.25) is 4.79 Å². The van der Waals surface area contributed by atoms with E-state index in [4.69, 9.17) is 27.9 Å². The number of anilines is 1. The van der Waals surface area contributed by atoms with Crippen molar-refractivity contribution in [1.82, 2.24) is 0 Å². The van der Waals surface area contributed by atoms with Gasteiger partial charge in [0.25, 0.3) is 5.91 Å². The van der Waals surface area contributed by atoms with E-state index in [1.165, 1.54) is 0 Å². The second-order valence-corrected chi connectivity index (χ2v) is 6.09. The molecule has 2 aromatic rings. The molecule has 0 bridgehead atoms. The van der Waals surface area contributed by atoms with Crippen molar-refractivity contribution in [2.75, 3.05) is 11.9 Å². The molecule has 3 nitrogen and oxygen atoms in total. The Morgan fingerprint density at radius 1 is 1.24 bits per heavy atom. The van der Waals surface area contributed by atoms with Crippen LogP contribution in [-0.2, 0) is 4.79 Å². The molecule has 0 aliphatic carbocycles. The van der Waals surface area contributed by atoms with Gasteiger partial charge in [-0.2, -0.15) is 0 Å². The highest BCUT2D eigenvalue weighted by Crippen LogP contribution is 2.27. The zero-order valence-corrected chi connectivity index (χ0v) is 14.2. The largest absolute Gasteiger partial charge is 0.483 e. The minimum Gasteiger partial charge on any atom is -0.483 e. The van der Waals surface area contributed by atoms with Crippen LogP contribution in [0.1, 0.15) is 5.56 Å². The Hall–Kier alpha value is -1.23. The van der Waals surface area contributed by atoms with Crippen LogP contribution in [0.5, 0.6) is 5.75 Å². The first kappa shape index (κ1) is 16.1. The van der Waals surface area contributed by atoms with Crippen LogP contribution in [-0.4, -0.2) is 12.5 Å². The monoisotopic (exact) mass is 387 g/mol. The third-order valence-corrected chi connectivity index (χ3v) is 3.83. The van der Waals surface area contributed by atoms with Crippen molar-refractivity contribution in [3.8, 4) is 5.75 Å². The minimum atomic E-state index is -0.313. The number of carbonyl (C=O) groups excluding carboxylic acids is 1. The number of rotatable bonds is 4. The van der Waals surface area contributed by atoms with E-state index in [0.717, 1.165) is 10.0 Å².